The zero-order valence-electron chi connectivity index (χ0n) is 8.51. The first-order valence-corrected chi connectivity index (χ1v) is 4.47. The van der Waals surface area contributed by atoms with Gasteiger partial charge >= 0.3 is 6.18 Å². The molecule has 0 fully saturated rings. The molecule has 4 nitrogen and oxygen atoms in total. The molecule has 17 heavy (non-hydrogen) atoms. The van der Waals surface area contributed by atoms with E-state index in [0.29, 0.717) is 0 Å². The second-order valence-corrected chi connectivity index (χ2v) is 3.09. The van der Waals surface area contributed by atoms with E-state index in [1.54, 1.807) is 0 Å². The molecule has 0 aliphatic carbocycles. The van der Waals surface area contributed by atoms with E-state index in [0.717, 1.165) is 24.3 Å². The lowest BCUT2D eigenvalue weighted by atomic mass is 10.1. The molecule has 0 aromatic heterocycles. The van der Waals surface area contributed by atoms with Crippen molar-refractivity contribution in [2.24, 2.45) is 0 Å². The second kappa shape index (κ2) is 4.96. The van der Waals surface area contributed by atoms with Crippen LogP contribution in [0.25, 0.3) is 0 Å². The first-order chi connectivity index (χ1) is 7.84. The van der Waals surface area contributed by atoms with Crippen LogP contribution in [-0.4, -0.2) is 23.5 Å². The van der Waals surface area contributed by atoms with Crippen molar-refractivity contribution in [3.63, 3.8) is 0 Å². The Morgan fingerprint density at radius 1 is 1.18 bits per heavy atom. The predicted octanol–water partition coefficient (Wildman–Crippen LogP) is 2.02. The zero-order chi connectivity index (χ0) is 13.1. The number of halogens is 3. The first-order valence-electron chi connectivity index (χ1n) is 4.47. The summed E-state index contributed by atoms with van der Waals surface area (Å²) in [7, 11) is 0. The van der Waals surface area contributed by atoms with E-state index < -0.39 is 30.1 Å². The van der Waals surface area contributed by atoms with Crippen molar-refractivity contribution in [3.8, 4) is 0 Å². The Morgan fingerprint density at radius 2 is 1.71 bits per heavy atom. The van der Waals surface area contributed by atoms with Gasteiger partial charge in [0.1, 0.15) is 6.61 Å². The molecule has 92 valence electrons. The number of hydrogen-bond acceptors (Lipinski definition) is 4. The molecule has 0 saturated heterocycles. The Labute approximate surface area is 94.7 Å². The van der Waals surface area contributed by atoms with Crippen LogP contribution in [-0.2, 0) is 10.9 Å². The summed E-state index contributed by atoms with van der Waals surface area (Å²) in [6, 6.07) is 3.76. The normalized spacial score (nSPS) is 11.1. The lowest BCUT2D eigenvalue weighted by molar-refractivity contribution is -0.137. The van der Waals surface area contributed by atoms with Crippen LogP contribution in [0.3, 0.4) is 0 Å². The van der Waals surface area contributed by atoms with Crippen LogP contribution < -0.4 is 0 Å². The van der Waals surface area contributed by atoms with Crippen molar-refractivity contribution >= 4 is 11.8 Å². The average Bonchev–Trinajstić information content (AvgIpc) is 2.27. The van der Waals surface area contributed by atoms with Crippen molar-refractivity contribution in [2.75, 3.05) is 6.61 Å². The Hall–Kier alpha value is -1.89. The van der Waals surface area contributed by atoms with E-state index in [-0.39, 0.29) is 5.56 Å². The molecular weight excluding hydrogens is 237 g/mol. The van der Waals surface area contributed by atoms with Crippen LogP contribution in [0.15, 0.2) is 24.3 Å². The largest absolute Gasteiger partial charge is 0.423 e. The number of aliphatic hydroxyl groups excluding tert-OH is 1. The maximum Gasteiger partial charge on any atom is 0.416 e. The first kappa shape index (κ1) is 13.2. The molecule has 0 radical (unpaired) electrons. The van der Waals surface area contributed by atoms with Gasteiger partial charge in [0, 0.05) is 5.56 Å². The van der Waals surface area contributed by atoms with Crippen LogP contribution >= 0.6 is 0 Å². The van der Waals surface area contributed by atoms with Gasteiger partial charge in [-0.15, -0.1) is 0 Å². The Balaban J connectivity index is 2.81. The van der Waals surface area contributed by atoms with E-state index in [1.807, 2.05) is 0 Å². The van der Waals surface area contributed by atoms with E-state index in [9.17, 15) is 13.2 Å². The summed E-state index contributed by atoms with van der Waals surface area (Å²) in [6.07, 6.45) is -4.43. The second-order valence-electron chi connectivity index (χ2n) is 3.09. The lowest BCUT2D eigenvalue weighted by Gasteiger charge is -2.09. The number of aliphatic hydroxyl groups is 1. The fourth-order valence-electron chi connectivity index (χ4n) is 1.02. The Bertz CT molecular complexity index is 426. The fraction of sp³-hybridized carbons (Fsp3) is 0.200. The minimum Gasteiger partial charge on any atom is -0.423 e. The van der Waals surface area contributed by atoms with Gasteiger partial charge in [0.2, 0.25) is 11.8 Å². The number of rotatable bonds is 2. The molecule has 1 aromatic carbocycles. The lowest BCUT2D eigenvalue weighted by Crippen LogP contribution is -2.15. The monoisotopic (exact) mass is 246 g/mol. The van der Waals surface area contributed by atoms with Crippen LogP contribution in [0, 0.1) is 10.8 Å². The molecule has 3 N–H and O–H groups in total. The van der Waals surface area contributed by atoms with Gasteiger partial charge < -0.3 is 9.84 Å². The summed E-state index contributed by atoms with van der Waals surface area (Å²) in [5, 5.41) is 22.8. The third-order valence-electron chi connectivity index (χ3n) is 1.84. The smallest absolute Gasteiger partial charge is 0.416 e. The standard InChI is InChI=1S/C10H9F3N2O2/c11-10(12,13)7-3-1-6(2-4-7)9(15)17-8(14)5-16/h1-4,14-16H,5H2. The molecule has 0 aliphatic heterocycles. The van der Waals surface area contributed by atoms with Crippen molar-refractivity contribution in [1.29, 1.82) is 10.8 Å². The molecule has 0 amide bonds. The number of benzene rings is 1. The van der Waals surface area contributed by atoms with Crippen molar-refractivity contribution in [2.45, 2.75) is 6.18 Å². The van der Waals surface area contributed by atoms with Gasteiger partial charge in [0.05, 0.1) is 5.56 Å². The molecule has 0 heterocycles. The summed E-state index contributed by atoms with van der Waals surface area (Å²) in [6.45, 7) is -0.678. The molecule has 7 heteroatoms. The minimum absolute atomic E-state index is 0.0937. The van der Waals surface area contributed by atoms with Crippen molar-refractivity contribution in [3.05, 3.63) is 35.4 Å². The van der Waals surface area contributed by atoms with Crippen LogP contribution in [0.1, 0.15) is 11.1 Å². The van der Waals surface area contributed by atoms with Gasteiger partial charge in [-0.2, -0.15) is 13.2 Å². The van der Waals surface area contributed by atoms with Gasteiger partial charge in [0.15, 0.2) is 0 Å². The third-order valence-corrected chi connectivity index (χ3v) is 1.84. The van der Waals surface area contributed by atoms with E-state index in [1.165, 1.54) is 0 Å². The highest BCUT2D eigenvalue weighted by molar-refractivity contribution is 5.99. The summed E-state index contributed by atoms with van der Waals surface area (Å²) in [5.41, 5.74) is -0.734. The van der Waals surface area contributed by atoms with Gasteiger partial charge in [-0.1, -0.05) is 0 Å². The topological polar surface area (TPSA) is 77.2 Å². The molecule has 0 saturated carbocycles. The van der Waals surface area contributed by atoms with Gasteiger partial charge in [-0.3, -0.25) is 10.8 Å². The van der Waals surface area contributed by atoms with Crippen LogP contribution in [0.2, 0.25) is 0 Å². The van der Waals surface area contributed by atoms with E-state index >= 15 is 0 Å². The summed E-state index contributed by atoms with van der Waals surface area (Å²) >= 11 is 0. The maximum absolute atomic E-state index is 12.2. The highest BCUT2D eigenvalue weighted by atomic mass is 19.4. The molecule has 0 spiro atoms. The summed E-state index contributed by atoms with van der Waals surface area (Å²) < 4.78 is 41.2. The van der Waals surface area contributed by atoms with E-state index in [4.69, 9.17) is 15.9 Å². The number of ether oxygens (including phenoxy) is 1. The number of alkyl halides is 3. The highest BCUT2D eigenvalue weighted by Gasteiger charge is 2.30. The summed E-state index contributed by atoms with van der Waals surface area (Å²) in [4.78, 5) is 0. The average molecular weight is 246 g/mol. The van der Waals surface area contributed by atoms with Crippen LogP contribution in [0.5, 0.6) is 0 Å². The Kier molecular flexibility index (Phi) is 3.84. The van der Waals surface area contributed by atoms with Crippen LogP contribution in [0.4, 0.5) is 13.2 Å². The maximum atomic E-state index is 12.2. The quantitative estimate of drug-likeness (QED) is 0.551. The fourth-order valence-corrected chi connectivity index (χ4v) is 1.02. The molecule has 0 unspecified atom stereocenters. The minimum atomic E-state index is -4.43. The molecule has 0 bridgehead atoms. The Morgan fingerprint density at radius 3 is 2.12 bits per heavy atom. The molecule has 1 aromatic rings. The third kappa shape index (κ3) is 3.56. The molecule has 0 aliphatic rings. The molecule has 1 rings (SSSR count). The molecule has 0 atom stereocenters. The highest BCUT2D eigenvalue weighted by Crippen LogP contribution is 2.29. The number of hydrogen-bond donors (Lipinski definition) is 3. The number of nitrogens with one attached hydrogen (secondary N) is 2. The SMILES string of the molecule is N=C(CO)OC(=N)c1ccc(C(F)(F)F)cc1. The van der Waals surface area contributed by atoms with Crippen molar-refractivity contribution < 1.29 is 23.0 Å². The van der Waals surface area contributed by atoms with E-state index in [2.05, 4.69) is 4.74 Å². The van der Waals surface area contributed by atoms with Gasteiger partial charge in [-0.05, 0) is 24.3 Å². The van der Waals surface area contributed by atoms with Gasteiger partial charge in [0.25, 0.3) is 0 Å². The predicted molar refractivity (Wildman–Crippen MR) is 54.2 cm³/mol. The zero-order valence-corrected chi connectivity index (χ0v) is 8.51. The van der Waals surface area contributed by atoms with Gasteiger partial charge in [-0.25, -0.2) is 0 Å². The molecular formula is C10H9F3N2O2. The van der Waals surface area contributed by atoms with Crippen molar-refractivity contribution in [1.82, 2.24) is 0 Å². The summed E-state index contributed by atoms with van der Waals surface area (Å²) in [5.74, 6) is -1.03.